The molecule has 0 fully saturated rings. The van der Waals surface area contributed by atoms with Crippen molar-refractivity contribution in [3.8, 4) is 23.1 Å². The first-order valence-electron chi connectivity index (χ1n) is 10.7. The van der Waals surface area contributed by atoms with Gasteiger partial charge < -0.3 is 0 Å². The van der Waals surface area contributed by atoms with Crippen LogP contribution in [0.2, 0.25) is 0 Å². The Morgan fingerprint density at radius 1 is 0.559 bits per heavy atom. The zero-order chi connectivity index (χ0) is 23.3. The van der Waals surface area contributed by atoms with Crippen LogP contribution in [0, 0.1) is 13.8 Å². The molecular weight excluding hydrogens is 546 g/mol. The van der Waals surface area contributed by atoms with Crippen molar-refractivity contribution >= 4 is 58.1 Å². The Bertz CT molecular complexity index is 1360. The topological polar surface area (TPSA) is 75.6 Å². The normalized spacial score (nSPS) is 10.6. The van der Waals surface area contributed by atoms with Crippen molar-refractivity contribution in [2.24, 2.45) is 0 Å². The van der Waals surface area contributed by atoms with Crippen molar-refractivity contribution < 1.29 is 14.1 Å². The molecule has 0 aliphatic rings. The summed E-state index contributed by atoms with van der Waals surface area (Å²) in [4.78, 5) is 13.5. The van der Waals surface area contributed by atoms with E-state index in [0.29, 0.717) is 11.6 Å². The van der Waals surface area contributed by atoms with Crippen LogP contribution in [0.15, 0.2) is 79.0 Å². The van der Waals surface area contributed by atoms with Gasteiger partial charge >= 0.3 is 215 Å². The minimum absolute atomic E-state index is 0.416. The molecule has 0 N–H and O–H groups in total. The van der Waals surface area contributed by atoms with Crippen molar-refractivity contribution in [3.05, 3.63) is 90.4 Å². The van der Waals surface area contributed by atoms with Crippen molar-refractivity contribution in [3.63, 3.8) is 0 Å². The molecule has 0 saturated heterocycles. The second kappa shape index (κ2) is 10.4. The molecule has 164 valence electrons. The van der Waals surface area contributed by atoms with Crippen LogP contribution in [0.3, 0.4) is 0 Å². The molecule has 34 heavy (non-hydrogen) atoms. The molecule has 0 amide bonds. The van der Waals surface area contributed by atoms with E-state index in [4.69, 9.17) is 14.1 Å². The third-order valence-corrected chi connectivity index (χ3v) is 7.94. The molecule has 0 aliphatic carbocycles. The van der Waals surface area contributed by atoms with Gasteiger partial charge in [-0.3, -0.25) is 0 Å². The van der Waals surface area contributed by atoms with Crippen LogP contribution >= 0.6 is 0 Å². The van der Waals surface area contributed by atoms with E-state index >= 15 is 0 Å². The van der Waals surface area contributed by atoms with E-state index in [9.17, 15) is 0 Å². The zero-order valence-corrected chi connectivity index (χ0v) is 23.5. The summed E-state index contributed by atoms with van der Waals surface area (Å²) in [5.41, 5.74) is 3.56. The van der Waals surface area contributed by atoms with E-state index in [2.05, 4.69) is 15.0 Å². The zero-order valence-electron chi connectivity index (χ0n) is 18.6. The van der Waals surface area contributed by atoms with Gasteiger partial charge in [-0.05, 0) is 0 Å². The monoisotopic (exact) mass is 563 g/mol. The van der Waals surface area contributed by atoms with E-state index < -0.39 is 36.3 Å². The summed E-state index contributed by atoms with van der Waals surface area (Å²) in [5.74, 6) is 2.42. The Kier molecular flexibility index (Phi) is 6.95. The number of hydrogen-bond acceptors (Lipinski definition) is 7. The fourth-order valence-corrected chi connectivity index (χ4v) is 6.02. The van der Waals surface area contributed by atoms with E-state index in [-0.39, 0.29) is 0 Å². The van der Waals surface area contributed by atoms with Gasteiger partial charge in [-0.2, -0.15) is 0 Å². The van der Waals surface area contributed by atoms with Crippen LogP contribution < -0.4 is 14.1 Å². The number of aryl methyl sites for hydroxylation is 2. The molecule has 3 aromatic heterocycles. The molecule has 0 atom stereocenters. The molecule has 3 heterocycles. The number of fused-ring (bicyclic) bond motifs is 2. The second-order valence-electron chi connectivity index (χ2n) is 7.53. The first kappa shape index (κ1) is 22.7. The van der Waals surface area contributed by atoms with Crippen LogP contribution in [0.5, 0.6) is 23.1 Å². The average Bonchev–Trinajstić information content (AvgIpc) is 2.85. The van der Waals surface area contributed by atoms with Gasteiger partial charge in [0.25, 0.3) is 0 Å². The van der Waals surface area contributed by atoms with E-state index in [1.807, 2.05) is 86.6 Å². The van der Waals surface area contributed by atoms with Gasteiger partial charge in [-0.15, -0.1) is 0 Å². The minimum atomic E-state index is -1.60. The standard InChI is InChI=1S/2C10H9NO.C5H5NO2.2Ga/c2*1-7-5-6-8-3-2-4-9(12)10(8)11-7;7-4-2-1-3-6-5(4)8;;/h2*2-6,12H,1H3;1-3,7H,(H,6,8);;/q;;;2*+2/p-4. The molecule has 2 radical (unpaired) electrons. The fraction of sp³-hybridized carbons (Fsp3) is 0.0800. The Balaban J connectivity index is 1.23. The Hall–Kier alpha value is -3.12. The molecule has 9 heteroatoms. The van der Waals surface area contributed by atoms with Gasteiger partial charge in [0.2, 0.25) is 0 Å². The summed E-state index contributed by atoms with van der Waals surface area (Å²) < 4.78 is 24.0. The van der Waals surface area contributed by atoms with Gasteiger partial charge in [0.1, 0.15) is 0 Å². The molecule has 5 aromatic rings. The fourth-order valence-electron chi connectivity index (χ4n) is 3.43. The quantitative estimate of drug-likeness (QED) is 0.251. The van der Waals surface area contributed by atoms with E-state index in [0.717, 1.165) is 44.7 Å². The van der Waals surface area contributed by atoms with Crippen LogP contribution in [0.25, 0.3) is 21.8 Å². The van der Waals surface area contributed by atoms with Crippen LogP contribution in [0.1, 0.15) is 11.4 Å². The Morgan fingerprint density at radius 3 is 1.71 bits per heavy atom. The number of nitrogens with zero attached hydrogens (tertiary/aromatic N) is 3. The predicted octanol–water partition coefficient (Wildman–Crippen LogP) is 4.78. The number of pyridine rings is 3. The Morgan fingerprint density at radius 2 is 1.09 bits per heavy atom. The number of para-hydroxylation sites is 2. The van der Waals surface area contributed by atoms with Gasteiger partial charge in [0, 0.05) is 0 Å². The molecule has 5 rings (SSSR count). The summed E-state index contributed by atoms with van der Waals surface area (Å²) in [6.07, 6.45) is 1.67. The molecule has 7 nitrogen and oxygen atoms in total. The van der Waals surface area contributed by atoms with Gasteiger partial charge in [0.15, 0.2) is 0 Å². The molecule has 0 aliphatic heterocycles. The maximum atomic E-state index is 6.03. The molecule has 0 bridgehead atoms. The van der Waals surface area contributed by atoms with Crippen molar-refractivity contribution in [2.45, 2.75) is 13.8 Å². The summed E-state index contributed by atoms with van der Waals surface area (Å²) >= 11 is -3.19. The van der Waals surface area contributed by atoms with E-state index in [1.54, 1.807) is 6.20 Å². The Labute approximate surface area is 213 Å². The third-order valence-electron chi connectivity index (χ3n) is 5.07. The number of benzene rings is 2. The van der Waals surface area contributed by atoms with Gasteiger partial charge in [-0.1, -0.05) is 0 Å². The first-order valence-corrected chi connectivity index (χ1v) is 14.6. The number of rotatable bonds is 8. The second-order valence-corrected chi connectivity index (χ2v) is 10.3. The predicted molar refractivity (Wildman–Crippen MR) is 131 cm³/mol. The van der Waals surface area contributed by atoms with Crippen molar-refractivity contribution in [2.75, 3.05) is 0 Å². The van der Waals surface area contributed by atoms with Crippen molar-refractivity contribution in [1.29, 1.82) is 0 Å². The SMILES string of the molecule is Cc1ccc2cccc([O][Ga][O]c3cccnc3[O][Ga][O]c3cccc4ccc(C)nc34)c2n1. The molecule has 0 saturated carbocycles. The maximum absolute atomic E-state index is 6.03. The summed E-state index contributed by atoms with van der Waals surface area (Å²) in [5, 5.41) is 2.07. The van der Waals surface area contributed by atoms with Crippen LogP contribution in [-0.2, 0) is 0 Å². The van der Waals surface area contributed by atoms with E-state index in [1.165, 1.54) is 0 Å². The average molecular weight is 565 g/mol. The molecular formula is C25H19Ga2N3O4. The molecule has 0 unspecified atom stereocenters. The van der Waals surface area contributed by atoms with Crippen molar-refractivity contribution in [1.82, 2.24) is 15.0 Å². The summed E-state index contributed by atoms with van der Waals surface area (Å²) in [6.45, 7) is 3.93. The summed E-state index contributed by atoms with van der Waals surface area (Å²) in [7, 11) is 0. The number of aromatic nitrogens is 3. The molecule has 2 aromatic carbocycles. The van der Waals surface area contributed by atoms with Crippen LogP contribution in [-0.4, -0.2) is 51.2 Å². The molecule has 0 spiro atoms. The third kappa shape index (κ3) is 5.17. The van der Waals surface area contributed by atoms with Crippen LogP contribution in [0.4, 0.5) is 0 Å². The van der Waals surface area contributed by atoms with Gasteiger partial charge in [0.05, 0.1) is 0 Å². The first-order chi connectivity index (χ1) is 16.7. The van der Waals surface area contributed by atoms with Gasteiger partial charge in [-0.25, -0.2) is 0 Å². The summed E-state index contributed by atoms with van der Waals surface area (Å²) in [6, 6.07) is 23.5. The number of hydrogen-bond donors (Lipinski definition) is 0.